The van der Waals surface area contributed by atoms with E-state index in [0.717, 1.165) is 41.2 Å². The summed E-state index contributed by atoms with van der Waals surface area (Å²) in [6, 6.07) is 21.6. The van der Waals surface area contributed by atoms with Crippen LogP contribution in [-0.4, -0.2) is 14.7 Å². The van der Waals surface area contributed by atoms with Crippen LogP contribution in [0.3, 0.4) is 0 Å². The first-order valence-corrected chi connectivity index (χ1v) is 10.7. The van der Waals surface area contributed by atoms with E-state index in [9.17, 15) is 0 Å². The second-order valence-corrected chi connectivity index (χ2v) is 7.97. The number of aromatic nitrogens is 3. The van der Waals surface area contributed by atoms with Gasteiger partial charge in [-0.2, -0.15) is 0 Å². The molecule has 3 heterocycles. The third-order valence-electron chi connectivity index (χ3n) is 5.94. The molecule has 0 aliphatic heterocycles. The molecule has 0 saturated carbocycles. The van der Waals surface area contributed by atoms with E-state index in [4.69, 9.17) is 4.52 Å². The average Bonchev–Trinajstić information content (AvgIpc) is 3.33. The summed E-state index contributed by atoms with van der Waals surface area (Å²) in [5.74, 6) is 0.843. The third-order valence-corrected chi connectivity index (χ3v) is 5.94. The van der Waals surface area contributed by atoms with Gasteiger partial charge in [0, 0.05) is 34.4 Å². The van der Waals surface area contributed by atoms with Crippen LogP contribution in [0.25, 0.3) is 33.2 Å². The number of nitrogens with zero attached hydrogens (tertiary/aromatic N) is 3. The fourth-order valence-electron chi connectivity index (χ4n) is 4.29. The molecule has 0 N–H and O–H groups in total. The lowest BCUT2D eigenvalue weighted by Gasteiger charge is -2.07. The molecular weight excluding hydrogens is 382 g/mol. The zero-order valence-electron chi connectivity index (χ0n) is 18.1. The number of hydrogen-bond donors (Lipinski definition) is 0. The fraction of sp³-hybridized carbons (Fsp3) is 0.185. The summed E-state index contributed by atoms with van der Waals surface area (Å²) < 4.78 is 7.71. The maximum atomic E-state index is 5.42. The molecule has 0 bridgehead atoms. The molecule has 4 heteroatoms. The highest BCUT2D eigenvalue weighted by molar-refractivity contribution is 5.98. The van der Waals surface area contributed by atoms with Crippen molar-refractivity contribution in [1.82, 2.24) is 14.7 Å². The Morgan fingerprint density at radius 1 is 0.935 bits per heavy atom. The second kappa shape index (κ2) is 7.88. The minimum Gasteiger partial charge on any atom is -0.361 e. The van der Waals surface area contributed by atoms with Crippen LogP contribution in [-0.2, 0) is 13.0 Å². The standard InChI is InChI=1S/C27H25N3O/c1-4-20-8-10-21(11-9-20)25-17-30(16-23-7-5-6-14-28-23)26-15-22(12-13-24(25)26)27-18(2)29-31-19(27)3/h5-15,17H,4,16H2,1-3H3. The SMILES string of the molecule is CCc1ccc(-c2cn(Cc3ccccn3)c3cc(-c4c(C)noc4C)ccc23)cc1. The smallest absolute Gasteiger partial charge is 0.141 e. The number of pyridine rings is 1. The van der Waals surface area contributed by atoms with Crippen molar-refractivity contribution in [3.05, 3.63) is 95.8 Å². The highest BCUT2D eigenvalue weighted by Gasteiger charge is 2.16. The molecule has 0 unspecified atom stereocenters. The van der Waals surface area contributed by atoms with Crippen molar-refractivity contribution in [2.75, 3.05) is 0 Å². The molecule has 0 amide bonds. The highest BCUT2D eigenvalue weighted by Crippen LogP contribution is 2.35. The van der Waals surface area contributed by atoms with Gasteiger partial charge in [-0.05, 0) is 55.2 Å². The Balaban J connectivity index is 1.69. The van der Waals surface area contributed by atoms with E-state index >= 15 is 0 Å². The van der Waals surface area contributed by atoms with Gasteiger partial charge in [-0.15, -0.1) is 0 Å². The van der Waals surface area contributed by atoms with Crippen LogP contribution in [0, 0.1) is 13.8 Å². The van der Waals surface area contributed by atoms with Gasteiger partial charge in [0.25, 0.3) is 0 Å². The molecule has 5 rings (SSSR count). The van der Waals surface area contributed by atoms with Crippen LogP contribution < -0.4 is 0 Å². The molecule has 0 aliphatic carbocycles. The summed E-state index contributed by atoms with van der Waals surface area (Å²) in [7, 11) is 0. The first-order chi connectivity index (χ1) is 15.1. The van der Waals surface area contributed by atoms with E-state index in [0.29, 0.717) is 0 Å². The van der Waals surface area contributed by atoms with Crippen LogP contribution in [0.5, 0.6) is 0 Å². The molecule has 0 fully saturated rings. The topological polar surface area (TPSA) is 43.9 Å². The Morgan fingerprint density at radius 2 is 1.74 bits per heavy atom. The number of aryl methyl sites for hydroxylation is 3. The summed E-state index contributed by atoms with van der Waals surface area (Å²) in [5.41, 5.74) is 9.13. The lowest BCUT2D eigenvalue weighted by Crippen LogP contribution is -1.99. The molecule has 0 spiro atoms. The molecular formula is C27H25N3O. The van der Waals surface area contributed by atoms with Crippen LogP contribution >= 0.6 is 0 Å². The van der Waals surface area contributed by atoms with E-state index in [-0.39, 0.29) is 0 Å². The predicted molar refractivity (Wildman–Crippen MR) is 125 cm³/mol. The van der Waals surface area contributed by atoms with E-state index in [1.165, 1.54) is 27.6 Å². The molecule has 0 atom stereocenters. The normalized spacial score (nSPS) is 11.3. The summed E-state index contributed by atoms with van der Waals surface area (Å²) >= 11 is 0. The van der Waals surface area contributed by atoms with E-state index in [1.807, 2.05) is 32.2 Å². The van der Waals surface area contributed by atoms with Gasteiger partial charge in [0.05, 0.1) is 17.9 Å². The number of rotatable bonds is 5. The van der Waals surface area contributed by atoms with Gasteiger partial charge in [-0.1, -0.05) is 54.5 Å². The number of benzene rings is 2. The van der Waals surface area contributed by atoms with Crippen molar-refractivity contribution in [3.8, 4) is 22.3 Å². The van der Waals surface area contributed by atoms with Crippen molar-refractivity contribution in [3.63, 3.8) is 0 Å². The highest BCUT2D eigenvalue weighted by atomic mass is 16.5. The predicted octanol–water partition coefficient (Wildman–Crippen LogP) is 6.59. The van der Waals surface area contributed by atoms with Crippen molar-refractivity contribution < 1.29 is 4.52 Å². The Bertz CT molecular complexity index is 1330. The van der Waals surface area contributed by atoms with Gasteiger partial charge in [-0.25, -0.2) is 0 Å². The van der Waals surface area contributed by atoms with Crippen LogP contribution in [0.15, 0.2) is 77.6 Å². The van der Waals surface area contributed by atoms with Crippen molar-refractivity contribution in [1.29, 1.82) is 0 Å². The van der Waals surface area contributed by atoms with Crippen LogP contribution in [0.2, 0.25) is 0 Å². The molecule has 0 saturated heterocycles. The zero-order valence-corrected chi connectivity index (χ0v) is 18.1. The summed E-state index contributed by atoms with van der Waals surface area (Å²) in [4.78, 5) is 4.54. The van der Waals surface area contributed by atoms with Crippen molar-refractivity contribution in [2.45, 2.75) is 33.7 Å². The van der Waals surface area contributed by atoms with E-state index in [1.54, 1.807) is 0 Å². The third kappa shape index (κ3) is 3.55. The molecule has 31 heavy (non-hydrogen) atoms. The van der Waals surface area contributed by atoms with Gasteiger partial charge < -0.3 is 9.09 Å². The summed E-state index contributed by atoms with van der Waals surface area (Å²) in [6.45, 7) is 6.86. The number of fused-ring (bicyclic) bond motifs is 1. The van der Waals surface area contributed by atoms with E-state index in [2.05, 4.69) is 76.4 Å². The van der Waals surface area contributed by atoms with Crippen molar-refractivity contribution in [2.24, 2.45) is 0 Å². The van der Waals surface area contributed by atoms with Gasteiger partial charge in [-0.3, -0.25) is 4.98 Å². The molecule has 5 aromatic rings. The fourth-order valence-corrected chi connectivity index (χ4v) is 4.29. The average molecular weight is 408 g/mol. The molecule has 154 valence electrons. The summed E-state index contributed by atoms with van der Waals surface area (Å²) in [6.07, 6.45) is 5.14. The quantitative estimate of drug-likeness (QED) is 0.330. The van der Waals surface area contributed by atoms with Crippen LogP contribution in [0.1, 0.15) is 29.6 Å². The largest absolute Gasteiger partial charge is 0.361 e. The monoisotopic (exact) mass is 407 g/mol. The second-order valence-electron chi connectivity index (χ2n) is 7.97. The maximum absolute atomic E-state index is 5.42. The molecule has 0 aliphatic rings. The minimum atomic E-state index is 0.718. The molecule has 0 radical (unpaired) electrons. The minimum absolute atomic E-state index is 0.718. The Morgan fingerprint density at radius 3 is 2.42 bits per heavy atom. The van der Waals surface area contributed by atoms with Gasteiger partial charge in [0.2, 0.25) is 0 Å². The summed E-state index contributed by atoms with van der Waals surface area (Å²) in [5, 5.41) is 5.37. The Labute approximate surface area is 182 Å². The van der Waals surface area contributed by atoms with Crippen molar-refractivity contribution >= 4 is 10.9 Å². The lowest BCUT2D eigenvalue weighted by molar-refractivity contribution is 0.393. The Hall–Kier alpha value is -3.66. The first-order valence-electron chi connectivity index (χ1n) is 10.7. The van der Waals surface area contributed by atoms with Gasteiger partial charge in [0.1, 0.15) is 5.76 Å². The van der Waals surface area contributed by atoms with E-state index < -0.39 is 0 Å². The maximum Gasteiger partial charge on any atom is 0.141 e. The van der Waals surface area contributed by atoms with Crippen LogP contribution in [0.4, 0.5) is 0 Å². The Kier molecular flexibility index (Phi) is 4.91. The van der Waals surface area contributed by atoms with Gasteiger partial charge >= 0.3 is 0 Å². The zero-order chi connectivity index (χ0) is 21.4. The van der Waals surface area contributed by atoms with Gasteiger partial charge in [0.15, 0.2) is 0 Å². The molecule has 4 nitrogen and oxygen atoms in total. The molecule has 2 aromatic carbocycles. The molecule has 3 aromatic heterocycles. The number of hydrogen-bond acceptors (Lipinski definition) is 3. The first kappa shape index (κ1) is 19.3. The lowest BCUT2D eigenvalue weighted by atomic mass is 9.99.